The standard InChI is InChI=1S/C30H46O7/c1-17-8-13-29(23(33)34)15-14-26(3)18(22(29)28(17,5)37)6-7-19-25(2)11-10-21(32)30(16-31,24(35)36)20(25)9-12-27(19,26)4/h6,17,19-22,31-32,37H,7-16H2,1-5H3,(H,33,34)(H,35,36)/t17-,19+,20?,21-,22+,25+,26+,27+,28+,29-,30?/m0/s1. The number of rotatable bonds is 3. The van der Waals surface area contributed by atoms with Crippen LogP contribution in [0.4, 0.5) is 0 Å². The van der Waals surface area contributed by atoms with E-state index in [1.54, 1.807) is 0 Å². The van der Waals surface area contributed by atoms with Crippen molar-refractivity contribution in [3.05, 3.63) is 11.6 Å². The maximum Gasteiger partial charge on any atom is 0.314 e. The van der Waals surface area contributed by atoms with Crippen molar-refractivity contribution in [3.8, 4) is 0 Å². The van der Waals surface area contributed by atoms with E-state index in [1.165, 1.54) is 0 Å². The molecule has 208 valence electrons. The van der Waals surface area contributed by atoms with Gasteiger partial charge >= 0.3 is 11.9 Å². The normalized spacial score (nSPS) is 55.1. The number of carboxylic acids is 2. The van der Waals surface area contributed by atoms with Crippen molar-refractivity contribution in [1.82, 2.24) is 0 Å². The molecule has 2 unspecified atom stereocenters. The minimum Gasteiger partial charge on any atom is -0.481 e. The smallest absolute Gasteiger partial charge is 0.314 e. The molecular formula is C30H46O7. The van der Waals surface area contributed by atoms with Gasteiger partial charge < -0.3 is 25.5 Å². The average molecular weight is 519 g/mol. The number of fused-ring (bicyclic) bond motifs is 7. The summed E-state index contributed by atoms with van der Waals surface area (Å²) in [6.45, 7) is 10.0. The molecule has 0 amide bonds. The molecule has 0 spiro atoms. The van der Waals surface area contributed by atoms with E-state index in [2.05, 4.69) is 26.8 Å². The zero-order valence-electron chi connectivity index (χ0n) is 23.1. The second-order valence-corrected chi connectivity index (χ2v) is 14.4. The lowest BCUT2D eigenvalue weighted by atomic mass is 9.33. The summed E-state index contributed by atoms with van der Waals surface area (Å²) in [5.74, 6) is -2.59. The van der Waals surface area contributed by atoms with Crippen LogP contribution in [0.15, 0.2) is 11.6 Å². The molecule has 0 radical (unpaired) electrons. The summed E-state index contributed by atoms with van der Waals surface area (Å²) in [4.78, 5) is 25.4. The first-order valence-corrected chi connectivity index (χ1v) is 14.3. The van der Waals surface area contributed by atoms with Gasteiger partial charge in [0.25, 0.3) is 0 Å². The lowest BCUT2D eigenvalue weighted by Crippen LogP contribution is -2.69. The van der Waals surface area contributed by atoms with Gasteiger partial charge in [-0.05, 0) is 98.7 Å². The Morgan fingerprint density at radius 2 is 1.59 bits per heavy atom. The molecule has 5 N–H and O–H groups in total. The number of aliphatic hydroxyl groups is 3. The van der Waals surface area contributed by atoms with Crippen molar-refractivity contribution in [2.75, 3.05) is 6.61 Å². The highest BCUT2D eigenvalue weighted by Crippen LogP contribution is 2.76. The summed E-state index contributed by atoms with van der Waals surface area (Å²) in [6, 6.07) is 0. The van der Waals surface area contributed by atoms with Crippen LogP contribution >= 0.6 is 0 Å². The Balaban J connectivity index is 1.65. The van der Waals surface area contributed by atoms with Crippen molar-refractivity contribution in [1.29, 1.82) is 0 Å². The molecule has 0 bridgehead atoms. The molecule has 0 aromatic heterocycles. The van der Waals surface area contributed by atoms with Crippen molar-refractivity contribution >= 4 is 11.9 Å². The molecule has 5 rings (SSSR count). The Morgan fingerprint density at radius 3 is 2.19 bits per heavy atom. The molecule has 5 aliphatic rings. The summed E-state index contributed by atoms with van der Waals surface area (Å²) in [6.07, 6.45) is 6.76. The predicted octanol–water partition coefficient (Wildman–Crippen LogP) is 4.24. The maximum atomic E-state index is 12.8. The molecule has 0 aromatic carbocycles. The van der Waals surface area contributed by atoms with E-state index in [4.69, 9.17) is 0 Å². The molecule has 0 saturated heterocycles. The number of hydrogen-bond donors (Lipinski definition) is 5. The summed E-state index contributed by atoms with van der Waals surface area (Å²) in [5, 5.41) is 54.0. The molecule has 5 aliphatic carbocycles. The van der Waals surface area contributed by atoms with E-state index in [-0.39, 0.29) is 34.0 Å². The third-order valence-electron chi connectivity index (χ3n) is 13.6. The molecule has 11 atom stereocenters. The molecule has 0 heterocycles. The van der Waals surface area contributed by atoms with Crippen LogP contribution in [-0.2, 0) is 9.59 Å². The summed E-state index contributed by atoms with van der Waals surface area (Å²) < 4.78 is 0. The highest BCUT2D eigenvalue weighted by atomic mass is 16.4. The first-order valence-electron chi connectivity index (χ1n) is 14.3. The van der Waals surface area contributed by atoms with Crippen LogP contribution in [0.5, 0.6) is 0 Å². The highest BCUT2D eigenvalue weighted by Gasteiger charge is 2.72. The van der Waals surface area contributed by atoms with Crippen molar-refractivity contribution in [2.24, 2.45) is 50.7 Å². The first-order chi connectivity index (χ1) is 17.1. The quantitative estimate of drug-likeness (QED) is 0.353. The number of allylic oxidation sites excluding steroid dienone is 1. The van der Waals surface area contributed by atoms with Crippen LogP contribution in [0.3, 0.4) is 0 Å². The van der Waals surface area contributed by atoms with Crippen LogP contribution in [-0.4, -0.2) is 55.8 Å². The zero-order chi connectivity index (χ0) is 27.4. The summed E-state index contributed by atoms with van der Waals surface area (Å²) in [5.41, 5.74) is -3.48. The number of aliphatic hydroxyl groups excluding tert-OH is 2. The van der Waals surface area contributed by atoms with Gasteiger partial charge in [0, 0.05) is 5.92 Å². The molecule has 7 heteroatoms. The van der Waals surface area contributed by atoms with Gasteiger partial charge in [0.05, 0.1) is 23.7 Å². The summed E-state index contributed by atoms with van der Waals surface area (Å²) >= 11 is 0. The third-order valence-corrected chi connectivity index (χ3v) is 13.6. The number of hydrogen-bond acceptors (Lipinski definition) is 5. The molecule has 4 saturated carbocycles. The van der Waals surface area contributed by atoms with Gasteiger partial charge in [0.2, 0.25) is 0 Å². The Kier molecular flexibility index (Phi) is 5.90. The molecule has 4 fully saturated rings. The predicted molar refractivity (Wildman–Crippen MR) is 137 cm³/mol. The second-order valence-electron chi connectivity index (χ2n) is 14.4. The van der Waals surface area contributed by atoms with E-state index in [1.807, 2.05) is 13.8 Å². The molecule has 7 nitrogen and oxygen atoms in total. The van der Waals surface area contributed by atoms with E-state index in [0.29, 0.717) is 44.9 Å². The van der Waals surface area contributed by atoms with E-state index >= 15 is 0 Å². The Hall–Kier alpha value is -1.44. The zero-order valence-corrected chi connectivity index (χ0v) is 23.1. The van der Waals surface area contributed by atoms with Crippen LogP contribution in [0.1, 0.15) is 92.4 Å². The SMILES string of the molecule is C[C@H]1CC[C@]2(C(=O)O)CC[C@]3(C)C(=CC[C@@H]4[C@@]5(C)CC[C@H](O)C(CO)(C(=O)O)C5CC[C@]43C)[C@@H]2[C@]1(C)O. The topological polar surface area (TPSA) is 135 Å². The fourth-order valence-corrected chi connectivity index (χ4v) is 10.9. The number of carboxylic acid groups (broad SMARTS) is 2. The van der Waals surface area contributed by atoms with Crippen molar-refractivity contribution in [3.63, 3.8) is 0 Å². The molecule has 0 aliphatic heterocycles. The van der Waals surface area contributed by atoms with Gasteiger partial charge in [-0.2, -0.15) is 0 Å². The lowest BCUT2D eigenvalue weighted by Gasteiger charge is -2.71. The van der Waals surface area contributed by atoms with Gasteiger partial charge in [-0.1, -0.05) is 39.3 Å². The molecule has 37 heavy (non-hydrogen) atoms. The van der Waals surface area contributed by atoms with E-state index < -0.39 is 47.0 Å². The van der Waals surface area contributed by atoms with Gasteiger partial charge in [-0.25, -0.2) is 0 Å². The monoisotopic (exact) mass is 518 g/mol. The lowest BCUT2D eigenvalue weighted by molar-refractivity contribution is -0.233. The average Bonchev–Trinajstić information content (AvgIpc) is 2.82. The Labute approximate surface area is 220 Å². The number of carbonyl (C=O) groups is 2. The van der Waals surface area contributed by atoms with E-state index in [0.717, 1.165) is 18.4 Å². The largest absolute Gasteiger partial charge is 0.481 e. The van der Waals surface area contributed by atoms with Crippen molar-refractivity contribution in [2.45, 2.75) is 104 Å². The van der Waals surface area contributed by atoms with Crippen molar-refractivity contribution < 1.29 is 35.1 Å². The van der Waals surface area contributed by atoms with Crippen LogP contribution in [0.2, 0.25) is 0 Å². The number of aliphatic carboxylic acids is 2. The van der Waals surface area contributed by atoms with E-state index in [9.17, 15) is 35.1 Å². The second kappa shape index (κ2) is 8.04. The Bertz CT molecular complexity index is 1030. The van der Waals surface area contributed by atoms with Gasteiger partial charge in [0.15, 0.2) is 0 Å². The Morgan fingerprint density at radius 1 is 0.919 bits per heavy atom. The van der Waals surface area contributed by atoms with Crippen LogP contribution in [0, 0.1) is 50.7 Å². The fraction of sp³-hybridized carbons (Fsp3) is 0.867. The molecular weight excluding hydrogens is 472 g/mol. The third kappa shape index (κ3) is 3.00. The molecule has 0 aromatic rings. The summed E-state index contributed by atoms with van der Waals surface area (Å²) in [7, 11) is 0. The van der Waals surface area contributed by atoms with Gasteiger partial charge in [-0.3, -0.25) is 9.59 Å². The first kappa shape index (κ1) is 27.1. The van der Waals surface area contributed by atoms with Gasteiger partial charge in [-0.15, -0.1) is 0 Å². The van der Waals surface area contributed by atoms with Gasteiger partial charge in [0.1, 0.15) is 5.41 Å². The fourth-order valence-electron chi connectivity index (χ4n) is 10.9. The minimum absolute atomic E-state index is 0.00687. The maximum absolute atomic E-state index is 12.8. The van der Waals surface area contributed by atoms with Crippen LogP contribution in [0.25, 0.3) is 0 Å². The van der Waals surface area contributed by atoms with Crippen LogP contribution < -0.4 is 0 Å². The highest BCUT2D eigenvalue weighted by molar-refractivity contribution is 5.77. The minimum atomic E-state index is -1.56.